The molecule has 0 spiro atoms. The van der Waals surface area contributed by atoms with E-state index in [1.165, 1.54) is 5.56 Å². The summed E-state index contributed by atoms with van der Waals surface area (Å²) in [7, 11) is 0. The fourth-order valence-electron chi connectivity index (χ4n) is 3.95. The van der Waals surface area contributed by atoms with Crippen LogP contribution in [0.3, 0.4) is 0 Å². The predicted octanol–water partition coefficient (Wildman–Crippen LogP) is 3.14. The summed E-state index contributed by atoms with van der Waals surface area (Å²) < 4.78 is 2.14. The Labute approximate surface area is 188 Å². The highest BCUT2D eigenvalue weighted by atomic mass is 16.2. The minimum atomic E-state index is -0.00276. The molecule has 3 aromatic rings. The molecule has 2 amide bonds. The molecular weight excluding hydrogens is 400 g/mol. The summed E-state index contributed by atoms with van der Waals surface area (Å²) in [6.45, 7) is 7.22. The van der Waals surface area contributed by atoms with Crippen molar-refractivity contribution in [2.24, 2.45) is 0 Å². The second kappa shape index (κ2) is 10.1. The molecule has 1 aliphatic heterocycles. The van der Waals surface area contributed by atoms with Gasteiger partial charge in [-0.15, -0.1) is 0 Å². The van der Waals surface area contributed by atoms with Gasteiger partial charge in [0.05, 0.1) is 23.7 Å². The standard InChI is InChI=1S/C25H28N6O/c1-20-3-2-4-23(13-20)15-28-25(32)30-11-9-29(10-12-30)18-24-16-27-19-31(24)17-22-7-5-21(14-26)6-8-22/h2-8,13,16,19H,9-12,15,17-18H2,1H3,(H,28,32). The van der Waals surface area contributed by atoms with E-state index in [0.29, 0.717) is 25.2 Å². The second-order valence-electron chi connectivity index (χ2n) is 8.23. The number of hydrogen-bond donors (Lipinski definition) is 1. The molecule has 2 heterocycles. The van der Waals surface area contributed by atoms with Crippen molar-refractivity contribution in [2.75, 3.05) is 26.2 Å². The summed E-state index contributed by atoms with van der Waals surface area (Å²) in [4.78, 5) is 21.1. The van der Waals surface area contributed by atoms with E-state index in [4.69, 9.17) is 5.26 Å². The molecule has 2 aromatic carbocycles. The molecule has 4 rings (SSSR count). The van der Waals surface area contributed by atoms with Crippen LogP contribution in [0.15, 0.2) is 61.1 Å². The van der Waals surface area contributed by atoms with Crippen LogP contribution in [0.25, 0.3) is 0 Å². The van der Waals surface area contributed by atoms with Crippen molar-refractivity contribution in [3.8, 4) is 6.07 Å². The van der Waals surface area contributed by atoms with Crippen LogP contribution in [0.5, 0.6) is 0 Å². The lowest BCUT2D eigenvalue weighted by molar-refractivity contribution is 0.133. The summed E-state index contributed by atoms with van der Waals surface area (Å²) in [6, 6.07) is 18.0. The fraction of sp³-hybridized carbons (Fsp3) is 0.320. The lowest BCUT2D eigenvalue weighted by Crippen LogP contribution is -2.51. The van der Waals surface area contributed by atoms with Gasteiger partial charge in [-0.2, -0.15) is 5.26 Å². The second-order valence-corrected chi connectivity index (χ2v) is 8.23. The zero-order valence-corrected chi connectivity index (χ0v) is 18.4. The topological polar surface area (TPSA) is 77.2 Å². The van der Waals surface area contributed by atoms with Crippen molar-refractivity contribution in [3.05, 3.63) is 89.0 Å². The third-order valence-corrected chi connectivity index (χ3v) is 5.81. The highest BCUT2D eigenvalue weighted by Gasteiger charge is 2.21. The molecule has 0 atom stereocenters. The summed E-state index contributed by atoms with van der Waals surface area (Å²) in [5.41, 5.74) is 5.27. The molecule has 0 saturated carbocycles. The fourth-order valence-corrected chi connectivity index (χ4v) is 3.95. The quantitative estimate of drug-likeness (QED) is 0.654. The number of imidazole rings is 1. The molecule has 0 radical (unpaired) electrons. The van der Waals surface area contributed by atoms with Gasteiger partial charge in [0.25, 0.3) is 0 Å². The van der Waals surface area contributed by atoms with Gasteiger partial charge in [-0.25, -0.2) is 9.78 Å². The maximum atomic E-state index is 12.5. The Hall–Kier alpha value is -3.63. The van der Waals surface area contributed by atoms with E-state index in [1.807, 2.05) is 53.8 Å². The van der Waals surface area contributed by atoms with E-state index in [0.717, 1.165) is 43.0 Å². The minimum Gasteiger partial charge on any atom is -0.334 e. The average Bonchev–Trinajstić information content (AvgIpc) is 3.25. The van der Waals surface area contributed by atoms with Gasteiger partial charge in [0.2, 0.25) is 0 Å². The zero-order chi connectivity index (χ0) is 22.3. The zero-order valence-electron chi connectivity index (χ0n) is 18.4. The van der Waals surface area contributed by atoms with Crippen LogP contribution in [-0.4, -0.2) is 51.6 Å². The van der Waals surface area contributed by atoms with Crippen LogP contribution in [0.2, 0.25) is 0 Å². The van der Waals surface area contributed by atoms with Gasteiger partial charge >= 0.3 is 6.03 Å². The molecule has 1 aliphatic rings. The number of benzene rings is 2. The van der Waals surface area contributed by atoms with Gasteiger partial charge in [-0.3, -0.25) is 4.90 Å². The highest BCUT2D eigenvalue weighted by Crippen LogP contribution is 2.12. The van der Waals surface area contributed by atoms with E-state index in [2.05, 4.69) is 44.9 Å². The van der Waals surface area contributed by atoms with Gasteiger partial charge in [0.1, 0.15) is 0 Å². The third-order valence-electron chi connectivity index (χ3n) is 5.81. The molecule has 1 N–H and O–H groups in total. The molecule has 1 aromatic heterocycles. The lowest BCUT2D eigenvalue weighted by atomic mass is 10.1. The van der Waals surface area contributed by atoms with E-state index >= 15 is 0 Å². The first kappa shape index (κ1) is 21.6. The maximum Gasteiger partial charge on any atom is 0.317 e. The predicted molar refractivity (Wildman–Crippen MR) is 123 cm³/mol. The Morgan fingerprint density at radius 3 is 2.56 bits per heavy atom. The number of urea groups is 1. The summed E-state index contributed by atoms with van der Waals surface area (Å²) in [5, 5.41) is 12.0. The van der Waals surface area contributed by atoms with Crippen LogP contribution in [0.4, 0.5) is 4.79 Å². The third kappa shape index (κ3) is 5.54. The van der Waals surface area contributed by atoms with E-state index in [-0.39, 0.29) is 6.03 Å². The number of carbonyl (C=O) groups is 1. The Bertz CT molecular complexity index is 1090. The summed E-state index contributed by atoms with van der Waals surface area (Å²) >= 11 is 0. The molecule has 7 nitrogen and oxygen atoms in total. The molecule has 0 bridgehead atoms. The first-order valence-corrected chi connectivity index (χ1v) is 10.9. The number of carbonyl (C=O) groups excluding carboxylic acids is 1. The van der Waals surface area contributed by atoms with Crippen LogP contribution in [0.1, 0.15) is 27.9 Å². The van der Waals surface area contributed by atoms with Crippen molar-refractivity contribution in [1.82, 2.24) is 24.7 Å². The van der Waals surface area contributed by atoms with Crippen molar-refractivity contribution in [2.45, 2.75) is 26.6 Å². The smallest absolute Gasteiger partial charge is 0.317 e. The van der Waals surface area contributed by atoms with Crippen molar-refractivity contribution in [1.29, 1.82) is 5.26 Å². The molecule has 0 aliphatic carbocycles. The Balaban J connectivity index is 1.26. The Morgan fingerprint density at radius 2 is 1.84 bits per heavy atom. The van der Waals surface area contributed by atoms with Crippen molar-refractivity contribution >= 4 is 6.03 Å². The van der Waals surface area contributed by atoms with Crippen LogP contribution >= 0.6 is 0 Å². The van der Waals surface area contributed by atoms with Gasteiger partial charge in [-0.05, 0) is 30.2 Å². The SMILES string of the molecule is Cc1cccc(CNC(=O)N2CCN(Cc3cncn3Cc3ccc(C#N)cc3)CC2)c1. The van der Waals surface area contributed by atoms with E-state index in [9.17, 15) is 4.79 Å². The first-order valence-electron chi connectivity index (χ1n) is 10.9. The number of rotatable bonds is 6. The Kier molecular flexibility index (Phi) is 6.83. The van der Waals surface area contributed by atoms with Gasteiger partial charge < -0.3 is 14.8 Å². The van der Waals surface area contributed by atoms with Gasteiger partial charge in [-0.1, -0.05) is 42.0 Å². The molecule has 1 saturated heterocycles. The number of aryl methyl sites for hydroxylation is 1. The molecule has 0 unspecified atom stereocenters. The van der Waals surface area contributed by atoms with Crippen LogP contribution in [-0.2, 0) is 19.6 Å². The van der Waals surface area contributed by atoms with Crippen molar-refractivity contribution < 1.29 is 4.79 Å². The average molecular weight is 429 g/mol. The molecule has 1 fully saturated rings. The number of nitrogens with one attached hydrogen (secondary N) is 1. The van der Waals surface area contributed by atoms with Gasteiger partial charge in [0.15, 0.2) is 0 Å². The number of nitrogens with zero attached hydrogens (tertiary/aromatic N) is 5. The molecule has 7 heteroatoms. The number of hydrogen-bond acceptors (Lipinski definition) is 4. The first-order chi connectivity index (χ1) is 15.6. The van der Waals surface area contributed by atoms with Crippen molar-refractivity contribution in [3.63, 3.8) is 0 Å². The summed E-state index contributed by atoms with van der Waals surface area (Å²) in [6.07, 6.45) is 3.76. The van der Waals surface area contributed by atoms with E-state index in [1.54, 1.807) is 0 Å². The number of aromatic nitrogens is 2. The molecule has 164 valence electrons. The monoisotopic (exact) mass is 428 g/mol. The number of nitriles is 1. The van der Waals surface area contributed by atoms with Gasteiger partial charge in [0, 0.05) is 52.0 Å². The number of amides is 2. The van der Waals surface area contributed by atoms with Crippen LogP contribution < -0.4 is 5.32 Å². The Morgan fingerprint density at radius 1 is 1.06 bits per heavy atom. The molecule has 32 heavy (non-hydrogen) atoms. The summed E-state index contributed by atoms with van der Waals surface area (Å²) in [5.74, 6) is 0. The maximum absolute atomic E-state index is 12.5. The highest BCUT2D eigenvalue weighted by molar-refractivity contribution is 5.74. The lowest BCUT2D eigenvalue weighted by Gasteiger charge is -2.34. The number of piperazine rings is 1. The normalized spacial score (nSPS) is 14.2. The minimum absolute atomic E-state index is 0.00276. The largest absolute Gasteiger partial charge is 0.334 e. The van der Waals surface area contributed by atoms with Crippen LogP contribution in [0, 0.1) is 18.3 Å². The molecular formula is C25H28N6O. The van der Waals surface area contributed by atoms with E-state index < -0.39 is 0 Å².